The first kappa shape index (κ1) is 14.3. The van der Waals surface area contributed by atoms with Crippen molar-refractivity contribution in [1.29, 1.82) is 0 Å². The molecule has 0 bridgehead atoms. The van der Waals surface area contributed by atoms with Crippen molar-refractivity contribution in [3.8, 4) is 0 Å². The van der Waals surface area contributed by atoms with Crippen LogP contribution in [0.25, 0.3) is 0 Å². The van der Waals surface area contributed by atoms with Crippen LogP contribution in [0.4, 0.5) is 5.82 Å². The van der Waals surface area contributed by atoms with Crippen molar-refractivity contribution < 1.29 is 9.53 Å². The number of ether oxygens (including phenoxy) is 1. The SMILES string of the molecule is COC(=O)c1ccc(N2CCNCC23CCCCC3)nn1. The Labute approximate surface area is 124 Å². The highest BCUT2D eigenvalue weighted by Crippen LogP contribution is 2.36. The van der Waals surface area contributed by atoms with Gasteiger partial charge in [-0.15, -0.1) is 10.2 Å². The molecule has 21 heavy (non-hydrogen) atoms. The van der Waals surface area contributed by atoms with Gasteiger partial charge < -0.3 is 15.0 Å². The van der Waals surface area contributed by atoms with E-state index in [0.29, 0.717) is 0 Å². The van der Waals surface area contributed by atoms with Crippen molar-refractivity contribution in [3.63, 3.8) is 0 Å². The predicted molar refractivity (Wildman–Crippen MR) is 79.4 cm³/mol. The van der Waals surface area contributed by atoms with Crippen molar-refractivity contribution in [2.75, 3.05) is 31.6 Å². The van der Waals surface area contributed by atoms with Crippen LogP contribution in [0.5, 0.6) is 0 Å². The highest BCUT2D eigenvalue weighted by molar-refractivity contribution is 5.87. The van der Waals surface area contributed by atoms with Gasteiger partial charge in [0.05, 0.1) is 12.6 Å². The van der Waals surface area contributed by atoms with Gasteiger partial charge in [0.25, 0.3) is 0 Å². The Morgan fingerprint density at radius 1 is 1.29 bits per heavy atom. The summed E-state index contributed by atoms with van der Waals surface area (Å²) in [5.41, 5.74) is 0.423. The van der Waals surface area contributed by atoms with Crippen LogP contribution < -0.4 is 10.2 Å². The van der Waals surface area contributed by atoms with Crippen LogP contribution in [0.3, 0.4) is 0 Å². The van der Waals surface area contributed by atoms with E-state index in [-0.39, 0.29) is 11.2 Å². The molecule has 2 fully saturated rings. The van der Waals surface area contributed by atoms with Crippen molar-refractivity contribution in [2.45, 2.75) is 37.6 Å². The fourth-order valence-electron chi connectivity index (χ4n) is 3.54. The first-order valence-electron chi connectivity index (χ1n) is 7.66. The minimum atomic E-state index is -0.443. The Kier molecular flexibility index (Phi) is 4.05. The molecule has 0 amide bonds. The predicted octanol–water partition coefficient (Wildman–Crippen LogP) is 1.38. The third-order valence-corrected chi connectivity index (χ3v) is 4.64. The van der Waals surface area contributed by atoms with Gasteiger partial charge in [-0.05, 0) is 25.0 Å². The van der Waals surface area contributed by atoms with Gasteiger partial charge in [0.15, 0.2) is 11.5 Å². The molecular formula is C15H22N4O2. The number of esters is 1. The summed E-state index contributed by atoms with van der Waals surface area (Å²) < 4.78 is 4.67. The molecule has 6 heteroatoms. The fourth-order valence-corrected chi connectivity index (χ4v) is 3.54. The van der Waals surface area contributed by atoms with Crippen LogP contribution in [-0.4, -0.2) is 48.4 Å². The lowest BCUT2D eigenvalue weighted by molar-refractivity contribution is 0.0592. The molecule has 114 valence electrons. The molecule has 1 N–H and O–H groups in total. The Morgan fingerprint density at radius 3 is 2.76 bits per heavy atom. The number of piperazine rings is 1. The summed E-state index contributed by atoms with van der Waals surface area (Å²) in [5, 5.41) is 11.8. The molecule has 3 rings (SSSR count). The molecule has 0 radical (unpaired) electrons. The molecule has 2 heterocycles. The lowest BCUT2D eigenvalue weighted by Crippen LogP contribution is -2.62. The zero-order valence-electron chi connectivity index (χ0n) is 12.5. The lowest BCUT2D eigenvalue weighted by atomic mass is 9.79. The second-order valence-corrected chi connectivity index (χ2v) is 5.88. The number of rotatable bonds is 2. The summed E-state index contributed by atoms with van der Waals surface area (Å²) in [5.74, 6) is 0.424. The number of nitrogens with zero attached hydrogens (tertiary/aromatic N) is 3. The van der Waals surface area contributed by atoms with Gasteiger partial charge in [0.1, 0.15) is 0 Å². The molecule has 1 aliphatic carbocycles. The smallest absolute Gasteiger partial charge is 0.358 e. The van der Waals surface area contributed by atoms with Crippen molar-refractivity contribution in [2.24, 2.45) is 0 Å². The molecule has 0 unspecified atom stereocenters. The Bertz CT molecular complexity index is 489. The maximum absolute atomic E-state index is 11.4. The number of hydrogen-bond acceptors (Lipinski definition) is 6. The standard InChI is InChI=1S/C15H22N4O2/c1-21-14(20)12-5-6-13(18-17-12)19-10-9-16-11-15(19)7-3-2-4-8-15/h5-6,16H,2-4,7-11H2,1H3. The fraction of sp³-hybridized carbons (Fsp3) is 0.667. The van der Waals surface area contributed by atoms with E-state index >= 15 is 0 Å². The highest BCUT2D eigenvalue weighted by Gasteiger charge is 2.40. The van der Waals surface area contributed by atoms with Gasteiger partial charge in [0.2, 0.25) is 0 Å². The number of carbonyl (C=O) groups is 1. The van der Waals surface area contributed by atoms with Gasteiger partial charge >= 0.3 is 5.97 Å². The summed E-state index contributed by atoms with van der Waals surface area (Å²) in [6.45, 7) is 2.90. The van der Waals surface area contributed by atoms with Crippen molar-refractivity contribution in [1.82, 2.24) is 15.5 Å². The van der Waals surface area contributed by atoms with Crippen LogP contribution in [0.1, 0.15) is 42.6 Å². The summed E-state index contributed by atoms with van der Waals surface area (Å²) >= 11 is 0. The maximum atomic E-state index is 11.4. The maximum Gasteiger partial charge on any atom is 0.358 e. The number of nitrogens with one attached hydrogen (secondary N) is 1. The van der Waals surface area contributed by atoms with Gasteiger partial charge in [-0.3, -0.25) is 0 Å². The van der Waals surface area contributed by atoms with Crippen LogP contribution in [0, 0.1) is 0 Å². The average Bonchev–Trinajstić information content (AvgIpc) is 2.55. The van der Waals surface area contributed by atoms with E-state index in [4.69, 9.17) is 0 Å². The number of carbonyl (C=O) groups excluding carboxylic acids is 1. The van der Waals surface area contributed by atoms with Crippen LogP contribution in [-0.2, 0) is 4.74 Å². The quantitative estimate of drug-likeness (QED) is 0.830. The van der Waals surface area contributed by atoms with Gasteiger partial charge in [0, 0.05) is 19.6 Å². The monoisotopic (exact) mass is 290 g/mol. The summed E-state index contributed by atoms with van der Waals surface area (Å²) in [7, 11) is 1.35. The molecule has 2 aliphatic rings. The Balaban J connectivity index is 1.84. The van der Waals surface area contributed by atoms with Crippen LogP contribution in [0.15, 0.2) is 12.1 Å². The van der Waals surface area contributed by atoms with E-state index in [1.165, 1.54) is 39.2 Å². The minimum absolute atomic E-state index is 0.165. The lowest BCUT2D eigenvalue weighted by Gasteiger charge is -2.50. The molecule has 1 spiro atoms. The third-order valence-electron chi connectivity index (χ3n) is 4.64. The van der Waals surface area contributed by atoms with E-state index < -0.39 is 5.97 Å². The topological polar surface area (TPSA) is 67.3 Å². The summed E-state index contributed by atoms with van der Waals surface area (Å²) in [6, 6.07) is 3.59. The normalized spacial score (nSPS) is 21.3. The van der Waals surface area contributed by atoms with E-state index in [0.717, 1.165) is 25.5 Å². The molecule has 1 aromatic heterocycles. The molecule has 0 atom stereocenters. The molecule has 1 saturated carbocycles. The van der Waals surface area contributed by atoms with Crippen LogP contribution in [0.2, 0.25) is 0 Å². The average molecular weight is 290 g/mol. The minimum Gasteiger partial charge on any atom is -0.464 e. The Hall–Kier alpha value is -1.69. The van der Waals surface area contributed by atoms with Gasteiger partial charge in [-0.2, -0.15) is 0 Å². The van der Waals surface area contributed by atoms with E-state index in [1.54, 1.807) is 6.07 Å². The molecular weight excluding hydrogens is 268 g/mol. The molecule has 0 aromatic carbocycles. The van der Waals surface area contributed by atoms with E-state index in [1.807, 2.05) is 6.07 Å². The summed E-state index contributed by atoms with van der Waals surface area (Å²) in [6.07, 6.45) is 6.25. The second-order valence-electron chi connectivity index (χ2n) is 5.88. The second kappa shape index (κ2) is 5.97. The van der Waals surface area contributed by atoms with Crippen LogP contribution >= 0.6 is 0 Å². The van der Waals surface area contributed by atoms with E-state index in [2.05, 4.69) is 25.2 Å². The molecule has 1 aliphatic heterocycles. The number of aromatic nitrogens is 2. The third kappa shape index (κ3) is 2.72. The number of methoxy groups -OCH3 is 1. The zero-order chi connectivity index (χ0) is 14.7. The molecule has 1 aromatic rings. The van der Waals surface area contributed by atoms with E-state index in [9.17, 15) is 4.79 Å². The van der Waals surface area contributed by atoms with Gasteiger partial charge in [-0.1, -0.05) is 19.3 Å². The number of hydrogen-bond donors (Lipinski definition) is 1. The van der Waals surface area contributed by atoms with Crippen molar-refractivity contribution >= 4 is 11.8 Å². The zero-order valence-corrected chi connectivity index (χ0v) is 12.5. The molecule has 1 saturated heterocycles. The first-order chi connectivity index (χ1) is 10.2. The highest BCUT2D eigenvalue weighted by atomic mass is 16.5. The summed E-state index contributed by atoms with van der Waals surface area (Å²) in [4.78, 5) is 13.8. The number of anilines is 1. The Morgan fingerprint density at radius 2 is 2.10 bits per heavy atom. The first-order valence-corrected chi connectivity index (χ1v) is 7.66. The molecule has 6 nitrogen and oxygen atoms in total. The van der Waals surface area contributed by atoms with Crippen molar-refractivity contribution in [3.05, 3.63) is 17.8 Å². The van der Waals surface area contributed by atoms with Gasteiger partial charge in [-0.25, -0.2) is 4.79 Å². The largest absolute Gasteiger partial charge is 0.464 e.